The van der Waals surface area contributed by atoms with Crippen molar-refractivity contribution in [3.8, 4) is 28.7 Å². The van der Waals surface area contributed by atoms with Gasteiger partial charge < -0.3 is 24.3 Å². The predicted molar refractivity (Wildman–Crippen MR) is 113 cm³/mol. The summed E-state index contributed by atoms with van der Waals surface area (Å²) in [6.45, 7) is 0.391. The summed E-state index contributed by atoms with van der Waals surface area (Å²) in [5, 5.41) is 2.93. The Morgan fingerprint density at radius 3 is 2.37 bits per heavy atom. The maximum Gasteiger partial charge on any atom is 0.251 e. The number of carbonyl (C=O) groups excluding carboxylic acids is 1. The first-order valence-corrected chi connectivity index (χ1v) is 9.68. The van der Waals surface area contributed by atoms with Crippen molar-refractivity contribution in [2.75, 3.05) is 20.8 Å². The van der Waals surface area contributed by atoms with Gasteiger partial charge in [0.05, 0.1) is 20.8 Å². The topological polar surface area (TPSA) is 66.0 Å². The number of methoxy groups -OCH3 is 2. The molecule has 0 saturated carbocycles. The van der Waals surface area contributed by atoms with Crippen LogP contribution in [0.4, 0.5) is 0 Å². The van der Waals surface area contributed by atoms with Gasteiger partial charge in [0.1, 0.15) is 34.9 Å². The Morgan fingerprint density at radius 1 is 0.933 bits per heavy atom. The molecule has 1 aliphatic rings. The molecular weight excluding hydrogens is 382 g/mol. The highest BCUT2D eigenvalue weighted by atomic mass is 16.5. The summed E-state index contributed by atoms with van der Waals surface area (Å²) in [6, 6.07) is 20.5. The fraction of sp³-hybridized carbons (Fsp3) is 0.208. The molecule has 0 saturated heterocycles. The lowest BCUT2D eigenvalue weighted by atomic mass is 10.1. The molecule has 0 bridgehead atoms. The number of hydrogen-bond acceptors (Lipinski definition) is 5. The molecule has 6 nitrogen and oxygen atoms in total. The van der Waals surface area contributed by atoms with Gasteiger partial charge in [0, 0.05) is 23.6 Å². The minimum absolute atomic E-state index is 0.136. The second-order valence-corrected chi connectivity index (χ2v) is 6.94. The van der Waals surface area contributed by atoms with E-state index in [0.29, 0.717) is 30.0 Å². The van der Waals surface area contributed by atoms with Crippen molar-refractivity contribution in [2.24, 2.45) is 0 Å². The Balaban J connectivity index is 1.36. The summed E-state index contributed by atoms with van der Waals surface area (Å²) in [6.07, 6.45) is 0.562. The molecular formula is C24H23NO5. The van der Waals surface area contributed by atoms with E-state index in [1.54, 1.807) is 32.4 Å². The number of nitrogens with one attached hydrogen (secondary N) is 1. The van der Waals surface area contributed by atoms with E-state index in [9.17, 15) is 4.79 Å². The van der Waals surface area contributed by atoms with Gasteiger partial charge in [-0.25, -0.2) is 0 Å². The molecule has 3 aromatic carbocycles. The van der Waals surface area contributed by atoms with Gasteiger partial charge in [-0.2, -0.15) is 0 Å². The third-order valence-electron chi connectivity index (χ3n) is 4.86. The molecule has 3 aromatic rings. The van der Waals surface area contributed by atoms with Crippen LogP contribution in [0.15, 0.2) is 66.7 Å². The minimum atomic E-state index is -0.208. The molecule has 1 heterocycles. The van der Waals surface area contributed by atoms with Crippen molar-refractivity contribution < 1.29 is 23.7 Å². The first-order valence-electron chi connectivity index (χ1n) is 9.68. The Morgan fingerprint density at radius 2 is 1.67 bits per heavy atom. The number of amides is 1. The maximum atomic E-state index is 12.6. The summed E-state index contributed by atoms with van der Waals surface area (Å²) < 4.78 is 22.3. The van der Waals surface area contributed by atoms with Crippen molar-refractivity contribution in [1.82, 2.24) is 5.32 Å². The maximum absolute atomic E-state index is 12.6. The highest BCUT2D eigenvalue weighted by Crippen LogP contribution is 2.33. The lowest BCUT2D eigenvalue weighted by Crippen LogP contribution is -2.34. The van der Waals surface area contributed by atoms with Gasteiger partial charge in [0.25, 0.3) is 5.91 Å². The summed E-state index contributed by atoms with van der Waals surface area (Å²) in [7, 11) is 3.10. The monoisotopic (exact) mass is 405 g/mol. The van der Waals surface area contributed by atoms with E-state index in [2.05, 4.69) is 5.32 Å². The highest BCUT2D eigenvalue weighted by molar-refractivity contribution is 5.95. The van der Waals surface area contributed by atoms with Crippen molar-refractivity contribution in [3.05, 3.63) is 77.9 Å². The molecule has 6 heteroatoms. The van der Waals surface area contributed by atoms with E-state index in [-0.39, 0.29) is 12.0 Å². The summed E-state index contributed by atoms with van der Waals surface area (Å²) in [4.78, 5) is 12.6. The molecule has 1 amide bonds. The molecule has 0 aliphatic carbocycles. The van der Waals surface area contributed by atoms with Crippen LogP contribution in [0.25, 0.3) is 0 Å². The first-order chi connectivity index (χ1) is 14.6. The number of benzene rings is 3. The fourth-order valence-corrected chi connectivity index (χ4v) is 3.35. The Hall–Kier alpha value is -3.67. The third kappa shape index (κ3) is 4.49. The Kier molecular flexibility index (Phi) is 5.75. The normalized spacial score (nSPS) is 14.4. The second kappa shape index (κ2) is 8.78. The Labute approximate surface area is 175 Å². The summed E-state index contributed by atoms with van der Waals surface area (Å²) in [5.74, 6) is 3.29. The van der Waals surface area contributed by atoms with E-state index in [4.69, 9.17) is 18.9 Å². The average Bonchev–Trinajstić information content (AvgIpc) is 3.20. The molecule has 0 fully saturated rings. The predicted octanol–water partition coefficient (Wildman–Crippen LogP) is 4.23. The average molecular weight is 405 g/mol. The van der Waals surface area contributed by atoms with Crippen molar-refractivity contribution in [3.63, 3.8) is 0 Å². The van der Waals surface area contributed by atoms with Crippen LogP contribution in [0.2, 0.25) is 0 Å². The largest absolute Gasteiger partial charge is 0.497 e. The van der Waals surface area contributed by atoms with Gasteiger partial charge in [-0.3, -0.25) is 4.79 Å². The van der Waals surface area contributed by atoms with E-state index < -0.39 is 0 Å². The fourth-order valence-electron chi connectivity index (χ4n) is 3.35. The van der Waals surface area contributed by atoms with Crippen LogP contribution in [0.3, 0.4) is 0 Å². The van der Waals surface area contributed by atoms with Crippen molar-refractivity contribution >= 4 is 5.91 Å². The molecule has 0 unspecified atom stereocenters. The second-order valence-electron chi connectivity index (χ2n) is 6.94. The van der Waals surface area contributed by atoms with Crippen LogP contribution >= 0.6 is 0 Å². The van der Waals surface area contributed by atoms with Crippen molar-refractivity contribution in [1.29, 1.82) is 0 Å². The SMILES string of the molecule is COc1cc(OC)cc(C(=O)NC[C@@H]2Cc3cc(Oc4ccccc4)ccc3O2)c1. The number of hydrogen-bond donors (Lipinski definition) is 1. The lowest BCUT2D eigenvalue weighted by Gasteiger charge is -2.13. The van der Waals surface area contributed by atoms with Crippen LogP contribution in [-0.2, 0) is 6.42 Å². The van der Waals surface area contributed by atoms with Gasteiger partial charge in [-0.05, 0) is 42.5 Å². The number of ether oxygens (including phenoxy) is 4. The quantitative estimate of drug-likeness (QED) is 0.637. The lowest BCUT2D eigenvalue weighted by molar-refractivity contribution is 0.0933. The molecule has 4 rings (SSSR count). The zero-order valence-corrected chi connectivity index (χ0v) is 16.9. The zero-order valence-electron chi connectivity index (χ0n) is 16.9. The summed E-state index contributed by atoms with van der Waals surface area (Å²) in [5.41, 5.74) is 1.53. The van der Waals surface area contributed by atoms with E-state index in [1.807, 2.05) is 48.5 Å². The molecule has 0 aromatic heterocycles. The molecule has 1 N–H and O–H groups in total. The van der Waals surface area contributed by atoms with Crippen LogP contribution in [-0.4, -0.2) is 32.8 Å². The molecule has 1 atom stereocenters. The Bertz CT molecular complexity index is 1010. The van der Waals surface area contributed by atoms with Gasteiger partial charge in [0.15, 0.2) is 0 Å². The summed E-state index contributed by atoms with van der Waals surface area (Å²) >= 11 is 0. The van der Waals surface area contributed by atoms with Gasteiger partial charge in [-0.1, -0.05) is 18.2 Å². The highest BCUT2D eigenvalue weighted by Gasteiger charge is 2.24. The van der Waals surface area contributed by atoms with Gasteiger partial charge in [-0.15, -0.1) is 0 Å². The molecule has 154 valence electrons. The smallest absolute Gasteiger partial charge is 0.251 e. The number of para-hydroxylation sites is 1. The van der Waals surface area contributed by atoms with E-state index in [0.717, 1.165) is 22.8 Å². The van der Waals surface area contributed by atoms with Crippen molar-refractivity contribution in [2.45, 2.75) is 12.5 Å². The van der Waals surface area contributed by atoms with Crippen LogP contribution in [0, 0.1) is 0 Å². The van der Waals surface area contributed by atoms with Gasteiger partial charge >= 0.3 is 0 Å². The first kappa shape index (κ1) is 19.6. The van der Waals surface area contributed by atoms with Crippen LogP contribution in [0.1, 0.15) is 15.9 Å². The van der Waals surface area contributed by atoms with E-state index in [1.165, 1.54) is 0 Å². The van der Waals surface area contributed by atoms with Gasteiger partial charge in [0.2, 0.25) is 0 Å². The van der Waals surface area contributed by atoms with E-state index >= 15 is 0 Å². The third-order valence-corrected chi connectivity index (χ3v) is 4.86. The minimum Gasteiger partial charge on any atom is -0.497 e. The van der Waals surface area contributed by atoms with Crippen LogP contribution < -0.4 is 24.3 Å². The molecule has 0 spiro atoms. The number of carbonyl (C=O) groups is 1. The molecule has 0 radical (unpaired) electrons. The number of fused-ring (bicyclic) bond motifs is 1. The van der Waals surface area contributed by atoms with Crippen LogP contribution in [0.5, 0.6) is 28.7 Å². The molecule has 1 aliphatic heterocycles. The standard InChI is InChI=1S/C24H23NO5/c1-27-20-12-17(13-21(14-20)28-2)24(26)25-15-22-11-16-10-19(8-9-23(16)30-22)29-18-6-4-3-5-7-18/h3-10,12-14,22H,11,15H2,1-2H3,(H,25,26)/t22-/m0/s1. The molecule has 30 heavy (non-hydrogen) atoms. The zero-order chi connectivity index (χ0) is 20.9. The number of rotatable bonds is 7.